The van der Waals surface area contributed by atoms with Gasteiger partial charge in [0, 0.05) is 10.9 Å². The van der Waals surface area contributed by atoms with Gasteiger partial charge in [-0.1, -0.05) is 31.4 Å². The summed E-state index contributed by atoms with van der Waals surface area (Å²) in [5.74, 6) is -1.03. The molecule has 1 saturated carbocycles. The van der Waals surface area contributed by atoms with Crippen LogP contribution >= 0.6 is 11.8 Å². The largest absolute Gasteiger partial charge is 0.368 e. The fourth-order valence-corrected chi connectivity index (χ4v) is 3.47. The average molecular weight is 349 g/mol. The fraction of sp³-hybridized carbons (Fsp3) is 0.471. The molecule has 1 aromatic carbocycles. The summed E-state index contributed by atoms with van der Waals surface area (Å²) in [6.45, 7) is 1.52. The van der Waals surface area contributed by atoms with Crippen LogP contribution in [0, 0.1) is 0 Å². The lowest BCUT2D eigenvalue weighted by molar-refractivity contribution is -0.119. The van der Waals surface area contributed by atoms with Crippen LogP contribution in [0.3, 0.4) is 0 Å². The maximum Gasteiger partial charge on any atom is 0.284 e. The van der Waals surface area contributed by atoms with E-state index in [0.29, 0.717) is 10.5 Å². The number of primary amides is 1. The zero-order valence-electron chi connectivity index (χ0n) is 13.7. The van der Waals surface area contributed by atoms with Gasteiger partial charge in [-0.25, -0.2) is 0 Å². The fourth-order valence-electron chi connectivity index (χ4n) is 2.63. The van der Waals surface area contributed by atoms with Crippen molar-refractivity contribution in [3.8, 4) is 0 Å². The molecule has 3 amide bonds. The second kappa shape index (κ2) is 8.73. The molecule has 24 heavy (non-hydrogen) atoms. The van der Waals surface area contributed by atoms with Gasteiger partial charge in [0.1, 0.15) is 6.04 Å². The number of nitrogens with two attached hydrogens (primary N) is 1. The van der Waals surface area contributed by atoms with Gasteiger partial charge in [0.25, 0.3) is 11.1 Å². The van der Waals surface area contributed by atoms with Crippen LogP contribution < -0.4 is 16.4 Å². The predicted octanol–water partition coefficient (Wildman–Crippen LogP) is 2.42. The summed E-state index contributed by atoms with van der Waals surface area (Å²) >= 11 is 1.00. The zero-order valence-corrected chi connectivity index (χ0v) is 14.5. The first-order chi connectivity index (χ1) is 11.5. The van der Waals surface area contributed by atoms with Gasteiger partial charge in [-0.3, -0.25) is 14.4 Å². The van der Waals surface area contributed by atoms with Crippen molar-refractivity contribution >= 4 is 28.8 Å². The molecule has 0 spiro atoms. The Morgan fingerprint density at radius 2 is 1.83 bits per heavy atom. The normalized spacial score (nSPS) is 16.2. The monoisotopic (exact) mass is 349 g/mol. The van der Waals surface area contributed by atoms with E-state index in [1.54, 1.807) is 24.3 Å². The molecule has 1 atom stereocenters. The Bertz CT molecular complexity index is 615. The van der Waals surface area contributed by atoms with Crippen molar-refractivity contribution in [1.29, 1.82) is 0 Å². The standard InChI is InChI=1S/C17H23N3O3S/c1-11(15(18)21)19-16(22)13-9-5-6-10-14(13)24-17(23)20-12-7-3-2-4-8-12/h5-6,9-12H,2-4,7-8H2,1H3,(H2,18,21)(H,19,22)(H,20,23). The Kier molecular flexibility index (Phi) is 6.66. The number of carbonyl (C=O) groups excluding carboxylic acids is 3. The van der Waals surface area contributed by atoms with Crippen LogP contribution in [0.25, 0.3) is 0 Å². The minimum absolute atomic E-state index is 0.162. The summed E-state index contributed by atoms with van der Waals surface area (Å²) in [6, 6.07) is 6.27. The number of hydrogen-bond donors (Lipinski definition) is 3. The van der Waals surface area contributed by atoms with Crippen LogP contribution in [0.4, 0.5) is 4.79 Å². The van der Waals surface area contributed by atoms with E-state index in [0.717, 1.165) is 37.4 Å². The lowest BCUT2D eigenvalue weighted by Gasteiger charge is -2.22. The highest BCUT2D eigenvalue weighted by molar-refractivity contribution is 8.13. The molecule has 0 aromatic heterocycles. The van der Waals surface area contributed by atoms with E-state index in [-0.39, 0.29) is 11.3 Å². The molecule has 1 fully saturated rings. The lowest BCUT2D eigenvalue weighted by atomic mass is 9.96. The highest BCUT2D eigenvalue weighted by Crippen LogP contribution is 2.25. The molecule has 1 aliphatic rings. The Labute approximate surface area is 145 Å². The summed E-state index contributed by atoms with van der Waals surface area (Å²) in [5, 5.41) is 5.38. The molecular formula is C17H23N3O3S. The molecule has 0 saturated heterocycles. The second-order valence-electron chi connectivity index (χ2n) is 5.96. The summed E-state index contributed by atoms with van der Waals surface area (Å²) in [4.78, 5) is 36.2. The number of hydrogen-bond acceptors (Lipinski definition) is 4. The van der Waals surface area contributed by atoms with Gasteiger partial charge in [0.2, 0.25) is 5.91 Å². The molecule has 2 rings (SSSR count). The Morgan fingerprint density at radius 1 is 1.17 bits per heavy atom. The van der Waals surface area contributed by atoms with Gasteiger partial charge < -0.3 is 16.4 Å². The van der Waals surface area contributed by atoms with Crippen LogP contribution in [0.5, 0.6) is 0 Å². The lowest BCUT2D eigenvalue weighted by Crippen LogP contribution is -2.42. The van der Waals surface area contributed by atoms with Crippen molar-refractivity contribution in [2.45, 2.75) is 56.0 Å². The Hall–Kier alpha value is -2.02. The van der Waals surface area contributed by atoms with Gasteiger partial charge in [0.05, 0.1) is 5.56 Å². The van der Waals surface area contributed by atoms with Crippen molar-refractivity contribution in [2.75, 3.05) is 0 Å². The van der Waals surface area contributed by atoms with Crippen LogP contribution in [-0.4, -0.2) is 29.1 Å². The molecule has 1 aromatic rings. The summed E-state index contributed by atoms with van der Waals surface area (Å²) in [7, 11) is 0. The van der Waals surface area contributed by atoms with Crippen molar-refractivity contribution in [3.63, 3.8) is 0 Å². The third-order valence-corrected chi connectivity index (χ3v) is 4.92. The molecule has 1 aliphatic carbocycles. The summed E-state index contributed by atoms with van der Waals surface area (Å²) in [6.07, 6.45) is 5.51. The molecule has 130 valence electrons. The maximum absolute atomic E-state index is 12.3. The third kappa shape index (κ3) is 5.26. The minimum Gasteiger partial charge on any atom is -0.368 e. The first-order valence-corrected chi connectivity index (χ1v) is 8.96. The second-order valence-corrected chi connectivity index (χ2v) is 6.98. The van der Waals surface area contributed by atoms with E-state index in [9.17, 15) is 14.4 Å². The Balaban J connectivity index is 2.01. The van der Waals surface area contributed by atoms with Crippen LogP contribution in [-0.2, 0) is 4.79 Å². The molecule has 1 unspecified atom stereocenters. The topological polar surface area (TPSA) is 101 Å². The van der Waals surface area contributed by atoms with E-state index in [1.165, 1.54) is 13.3 Å². The summed E-state index contributed by atoms with van der Waals surface area (Å²) < 4.78 is 0. The number of amides is 3. The molecule has 4 N–H and O–H groups in total. The first kappa shape index (κ1) is 18.3. The van der Waals surface area contributed by atoms with E-state index in [2.05, 4.69) is 10.6 Å². The number of carbonyl (C=O) groups is 3. The summed E-state index contributed by atoms with van der Waals surface area (Å²) in [5.41, 5.74) is 5.52. The third-order valence-electron chi connectivity index (χ3n) is 4.04. The van der Waals surface area contributed by atoms with E-state index >= 15 is 0 Å². The van der Waals surface area contributed by atoms with Gasteiger partial charge >= 0.3 is 0 Å². The van der Waals surface area contributed by atoms with Gasteiger partial charge in [-0.15, -0.1) is 0 Å². The molecule has 0 bridgehead atoms. The molecular weight excluding hydrogens is 326 g/mol. The molecule has 6 nitrogen and oxygen atoms in total. The van der Waals surface area contributed by atoms with Gasteiger partial charge in [-0.2, -0.15) is 0 Å². The van der Waals surface area contributed by atoms with E-state index in [1.807, 2.05) is 0 Å². The minimum atomic E-state index is -0.772. The van der Waals surface area contributed by atoms with Crippen LogP contribution in [0.2, 0.25) is 0 Å². The number of rotatable bonds is 5. The highest BCUT2D eigenvalue weighted by Gasteiger charge is 2.20. The number of nitrogens with one attached hydrogen (secondary N) is 2. The SMILES string of the molecule is CC(NC(=O)c1ccccc1SC(=O)NC1CCCCC1)C(N)=O. The van der Waals surface area contributed by atoms with E-state index in [4.69, 9.17) is 5.73 Å². The van der Waals surface area contributed by atoms with Gasteiger partial charge in [0.15, 0.2) is 0 Å². The quantitative estimate of drug-likeness (QED) is 0.711. The Morgan fingerprint density at radius 3 is 2.50 bits per heavy atom. The maximum atomic E-state index is 12.3. The zero-order chi connectivity index (χ0) is 17.5. The molecule has 0 aliphatic heterocycles. The number of benzene rings is 1. The number of thioether (sulfide) groups is 1. The van der Waals surface area contributed by atoms with Crippen molar-refractivity contribution in [3.05, 3.63) is 29.8 Å². The van der Waals surface area contributed by atoms with Crippen molar-refractivity contribution in [1.82, 2.24) is 10.6 Å². The molecule has 0 radical (unpaired) electrons. The highest BCUT2D eigenvalue weighted by atomic mass is 32.2. The smallest absolute Gasteiger partial charge is 0.284 e. The molecule has 0 heterocycles. The first-order valence-electron chi connectivity index (χ1n) is 8.15. The van der Waals surface area contributed by atoms with Crippen LogP contribution in [0.15, 0.2) is 29.2 Å². The predicted molar refractivity (Wildman–Crippen MR) is 93.8 cm³/mol. The average Bonchev–Trinajstić information content (AvgIpc) is 2.55. The van der Waals surface area contributed by atoms with Crippen molar-refractivity contribution < 1.29 is 14.4 Å². The molecule has 7 heteroatoms. The van der Waals surface area contributed by atoms with Gasteiger partial charge in [-0.05, 0) is 43.7 Å². The van der Waals surface area contributed by atoms with E-state index < -0.39 is 17.9 Å². The van der Waals surface area contributed by atoms with Crippen molar-refractivity contribution in [2.24, 2.45) is 5.73 Å². The van der Waals surface area contributed by atoms with Crippen LogP contribution in [0.1, 0.15) is 49.4 Å².